The van der Waals surface area contributed by atoms with Crippen LogP contribution in [0.1, 0.15) is 83.6 Å². The van der Waals surface area contributed by atoms with Crippen molar-refractivity contribution in [3.63, 3.8) is 0 Å². The number of hydrogen-bond donors (Lipinski definition) is 0. The lowest BCUT2D eigenvalue weighted by Crippen LogP contribution is -2.15. The fourth-order valence-electron chi connectivity index (χ4n) is 4.70. The van der Waals surface area contributed by atoms with Crippen molar-refractivity contribution < 1.29 is 17.9 Å². The molecule has 0 aliphatic heterocycles. The Labute approximate surface area is 179 Å². The van der Waals surface area contributed by atoms with E-state index in [-0.39, 0.29) is 11.1 Å². The number of aryl methyl sites for hydroxylation is 1. The Morgan fingerprint density at radius 2 is 1.50 bits per heavy atom. The maximum Gasteiger partial charge on any atom is 0.175 e. The zero-order valence-corrected chi connectivity index (χ0v) is 18.4. The number of ether oxygens (including phenoxy) is 1. The molecule has 2 aromatic carbocycles. The summed E-state index contributed by atoms with van der Waals surface area (Å²) in [6.45, 7) is 4.60. The van der Waals surface area contributed by atoms with Gasteiger partial charge in [-0.3, -0.25) is 0 Å². The summed E-state index contributed by atoms with van der Waals surface area (Å²) in [7, 11) is 0. The average Bonchev–Trinajstić information content (AvgIpc) is 2.76. The third-order valence-electron chi connectivity index (χ3n) is 6.67. The van der Waals surface area contributed by atoms with Crippen LogP contribution in [0.25, 0.3) is 10.8 Å². The van der Waals surface area contributed by atoms with Gasteiger partial charge in [-0.25, -0.2) is 13.2 Å². The Kier molecular flexibility index (Phi) is 8.47. The molecule has 0 saturated heterocycles. The van der Waals surface area contributed by atoms with Crippen molar-refractivity contribution in [2.45, 2.75) is 84.5 Å². The number of benzene rings is 2. The molecule has 2 aromatic rings. The van der Waals surface area contributed by atoms with E-state index in [0.717, 1.165) is 25.2 Å². The number of unbranched alkanes of at least 4 members (excludes halogenated alkanes) is 2. The molecule has 166 valence electrons. The Bertz CT molecular complexity index is 825. The van der Waals surface area contributed by atoms with Gasteiger partial charge in [0.05, 0.1) is 12.0 Å². The minimum Gasteiger partial charge on any atom is -0.490 e. The molecule has 1 fully saturated rings. The zero-order valence-electron chi connectivity index (χ0n) is 18.4. The van der Waals surface area contributed by atoms with E-state index in [4.69, 9.17) is 4.74 Å². The van der Waals surface area contributed by atoms with Crippen LogP contribution < -0.4 is 4.74 Å². The highest BCUT2D eigenvalue weighted by molar-refractivity contribution is 5.86. The number of rotatable bonds is 10. The van der Waals surface area contributed by atoms with Crippen molar-refractivity contribution in [2.24, 2.45) is 11.8 Å². The molecule has 0 radical (unpaired) electrons. The molecule has 4 heteroatoms. The first-order valence-electron chi connectivity index (χ1n) is 11.8. The topological polar surface area (TPSA) is 9.23 Å². The molecule has 0 amide bonds. The van der Waals surface area contributed by atoms with Crippen LogP contribution in [0, 0.1) is 29.3 Å². The monoisotopic (exact) mass is 420 g/mol. The first-order valence-corrected chi connectivity index (χ1v) is 11.8. The van der Waals surface area contributed by atoms with Crippen molar-refractivity contribution in [3.8, 4) is 5.75 Å². The van der Waals surface area contributed by atoms with Gasteiger partial charge in [0.15, 0.2) is 23.2 Å². The van der Waals surface area contributed by atoms with Crippen LogP contribution in [0.2, 0.25) is 0 Å². The van der Waals surface area contributed by atoms with Crippen LogP contribution in [-0.4, -0.2) is 6.61 Å². The van der Waals surface area contributed by atoms with Gasteiger partial charge in [-0.05, 0) is 54.2 Å². The molecule has 0 spiro atoms. The van der Waals surface area contributed by atoms with E-state index < -0.39 is 17.5 Å². The molecule has 30 heavy (non-hydrogen) atoms. The summed E-state index contributed by atoms with van der Waals surface area (Å²) in [5, 5.41) is 0.0918. The maximum absolute atomic E-state index is 14.8. The SMILES string of the molecule is CCCCOc1ccc2cc(CCC3CCC(CCCC)CC3)c(F)c(F)c2c1F. The Morgan fingerprint density at radius 3 is 2.17 bits per heavy atom. The molecule has 1 nitrogen and oxygen atoms in total. The lowest BCUT2D eigenvalue weighted by Gasteiger charge is -2.28. The molecule has 0 bridgehead atoms. The van der Waals surface area contributed by atoms with Gasteiger partial charge in [0.1, 0.15) is 0 Å². The lowest BCUT2D eigenvalue weighted by molar-refractivity contribution is 0.249. The molecule has 1 aliphatic carbocycles. The van der Waals surface area contributed by atoms with Crippen molar-refractivity contribution in [3.05, 3.63) is 41.2 Å². The van der Waals surface area contributed by atoms with Gasteiger partial charge < -0.3 is 4.74 Å². The van der Waals surface area contributed by atoms with Crippen molar-refractivity contribution in [2.75, 3.05) is 6.61 Å². The lowest BCUT2D eigenvalue weighted by atomic mass is 9.78. The molecule has 0 aromatic heterocycles. The van der Waals surface area contributed by atoms with Gasteiger partial charge in [0.25, 0.3) is 0 Å². The summed E-state index contributed by atoms with van der Waals surface area (Å²) in [5.74, 6) is -1.41. The normalized spacial score (nSPS) is 19.4. The van der Waals surface area contributed by atoms with E-state index in [1.807, 2.05) is 6.92 Å². The minimum atomic E-state index is -1.09. The smallest absolute Gasteiger partial charge is 0.175 e. The van der Waals surface area contributed by atoms with Gasteiger partial charge >= 0.3 is 0 Å². The molecule has 0 atom stereocenters. The van der Waals surface area contributed by atoms with E-state index in [1.54, 1.807) is 12.1 Å². The Morgan fingerprint density at radius 1 is 0.833 bits per heavy atom. The summed E-state index contributed by atoms with van der Waals surface area (Å²) in [6.07, 6.45) is 11.8. The second-order valence-corrected chi connectivity index (χ2v) is 8.91. The van der Waals surface area contributed by atoms with E-state index in [2.05, 4.69) is 6.92 Å². The minimum absolute atomic E-state index is 0.0122. The Hall–Kier alpha value is -1.71. The molecular weight excluding hydrogens is 385 g/mol. The van der Waals surface area contributed by atoms with Gasteiger partial charge in [-0.2, -0.15) is 0 Å². The van der Waals surface area contributed by atoms with Crippen LogP contribution in [0.4, 0.5) is 13.2 Å². The molecular formula is C26H35F3O. The van der Waals surface area contributed by atoms with Gasteiger partial charge in [0, 0.05) is 0 Å². The standard InChI is InChI=1S/C26H35F3O/c1-3-5-7-18-8-10-19(11-9-18)12-13-21-17-20-14-15-22(30-16-6-4-2)25(28)23(20)26(29)24(21)27/h14-15,17-19H,3-13,16H2,1-2H3. The molecule has 1 aliphatic rings. The number of fused-ring (bicyclic) bond motifs is 1. The van der Waals surface area contributed by atoms with Gasteiger partial charge in [-0.1, -0.05) is 71.3 Å². The van der Waals surface area contributed by atoms with Gasteiger partial charge in [0.2, 0.25) is 0 Å². The molecule has 3 rings (SSSR count). The van der Waals surface area contributed by atoms with Crippen LogP contribution >= 0.6 is 0 Å². The first-order chi connectivity index (χ1) is 14.5. The fraction of sp³-hybridized carbons (Fsp3) is 0.615. The second kappa shape index (κ2) is 11.1. The van der Waals surface area contributed by atoms with E-state index in [0.29, 0.717) is 29.9 Å². The number of halogens is 3. The summed E-state index contributed by atoms with van der Waals surface area (Å²) < 4.78 is 49.6. The maximum atomic E-state index is 14.8. The van der Waals surface area contributed by atoms with Crippen molar-refractivity contribution in [1.29, 1.82) is 0 Å². The van der Waals surface area contributed by atoms with Crippen LogP contribution in [0.15, 0.2) is 18.2 Å². The molecule has 0 unspecified atom stereocenters. The third kappa shape index (κ3) is 5.50. The van der Waals surface area contributed by atoms with Crippen LogP contribution in [0.5, 0.6) is 5.75 Å². The largest absolute Gasteiger partial charge is 0.490 e. The van der Waals surface area contributed by atoms with E-state index in [1.165, 1.54) is 51.0 Å². The highest BCUT2D eigenvalue weighted by Gasteiger charge is 2.23. The highest BCUT2D eigenvalue weighted by atomic mass is 19.2. The summed E-state index contributed by atoms with van der Waals surface area (Å²) in [5.41, 5.74) is 0.354. The van der Waals surface area contributed by atoms with Crippen LogP contribution in [-0.2, 0) is 6.42 Å². The summed E-state index contributed by atoms with van der Waals surface area (Å²) >= 11 is 0. The van der Waals surface area contributed by atoms with Crippen molar-refractivity contribution in [1.82, 2.24) is 0 Å². The predicted molar refractivity (Wildman–Crippen MR) is 118 cm³/mol. The quantitative estimate of drug-likeness (QED) is 0.351. The van der Waals surface area contributed by atoms with Gasteiger partial charge in [-0.15, -0.1) is 0 Å². The van der Waals surface area contributed by atoms with Crippen LogP contribution in [0.3, 0.4) is 0 Å². The Balaban J connectivity index is 1.67. The highest BCUT2D eigenvalue weighted by Crippen LogP contribution is 2.36. The fourth-order valence-corrected chi connectivity index (χ4v) is 4.70. The molecule has 1 saturated carbocycles. The van der Waals surface area contributed by atoms with E-state index in [9.17, 15) is 13.2 Å². The average molecular weight is 421 g/mol. The molecule has 0 N–H and O–H groups in total. The van der Waals surface area contributed by atoms with Crippen molar-refractivity contribution >= 4 is 10.8 Å². The number of hydrogen-bond acceptors (Lipinski definition) is 1. The summed E-state index contributed by atoms with van der Waals surface area (Å²) in [4.78, 5) is 0. The predicted octanol–water partition coefficient (Wildman–Crippen LogP) is 8.37. The first kappa shape index (κ1) is 23.0. The third-order valence-corrected chi connectivity index (χ3v) is 6.67. The summed E-state index contributed by atoms with van der Waals surface area (Å²) in [6, 6.07) is 4.76. The zero-order chi connectivity index (χ0) is 21.5. The molecule has 0 heterocycles. The van der Waals surface area contributed by atoms with E-state index >= 15 is 0 Å². The second-order valence-electron chi connectivity index (χ2n) is 8.91.